The van der Waals surface area contributed by atoms with Gasteiger partial charge in [-0.3, -0.25) is 4.98 Å². The molecule has 1 unspecified atom stereocenters. The van der Waals surface area contributed by atoms with Crippen molar-refractivity contribution in [1.82, 2.24) is 10.3 Å². The molecule has 1 atom stereocenters. The highest BCUT2D eigenvalue weighted by atomic mass is 79.9. The second-order valence-electron chi connectivity index (χ2n) is 4.61. The summed E-state index contributed by atoms with van der Waals surface area (Å²) in [5.41, 5.74) is 3.01. The van der Waals surface area contributed by atoms with E-state index in [0.717, 1.165) is 28.1 Å². The van der Waals surface area contributed by atoms with E-state index in [4.69, 9.17) is 4.74 Å². The SMILES string of the molecule is CCCNC(C)c1ccc(Br)cc1OCc1cncs1. The minimum absolute atomic E-state index is 0.277. The van der Waals surface area contributed by atoms with E-state index in [0.29, 0.717) is 6.61 Å². The van der Waals surface area contributed by atoms with Gasteiger partial charge in [-0.2, -0.15) is 0 Å². The van der Waals surface area contributed by atoms with E-state index in [1.165, 1.54) is 5.56 Å². The number of halogens is 1. The average molecular weight is 355 g/mol. The first-order valence-corrected chi connectivity index (χ1v) is 8.41. The van der Waals surface area contributed by atoms with Crippen molar-refractivity contribution < 1.29 is 4.74 Å². The zero-order chi connectivity index (χ0) is 14.4. The van der Waals surface area contributed by atoms with E-state index in [1.807, 2.05) is 17.8 Å². The minimum Gasteiger partial charge on any atom is -0.488 e. The zero-order valence-corrected chi connectivity index (χ0v) is 14.1. The standard InChI is InChI=1S/C15H19BrN2OS/c1-3-6-18-11(2)14-5-4-12(16)7-15(14)19-9-13-8-17-10-20-13/h4-5,7-8,10-11,18H,3,6,9H2,1-2H3. The molecule has 0 aliphatic heterocycles. The topological polar surface area (TPSA) is 34.1 Å². The van der Waals surface area contributed by atoms with Crippen molar-refractivity contribution in [2.24, 2.45) is 0 Å². The van der Waals surface area contributed by atoms with Crippen molar-refractivity contribution in [3.05, 3.63) is 44.8 Å². The maximum absolute atomic E-state index is 5.96. The summed E-state index contributed by atoms with van der Waals surface area (Å²) in [5.74, 6) is 0.920. The number of aromatic nitrogens is 1. The second-order valence-corrected chi connectivity index (χ2v) is 6.50. The Hall–Kier alpha value is -0.910. The number of thiazole rings is 1. The van der Waals surface area contributed by atoms with Crippen LogP contribution < -0.4 is 10.1 Å². The molecular weight excluding hydrogens is 336 g/mol. The molecule has 2 rings (SSSR count). The van der Waals surface area contributed by atoms with Crippen LogP contribution in [0.15, 0.2) is 34.4 Å². The Morgan fingerprint density at radius 2 is 2.30 bits per heavy atom. The van der Waals surface area contributed by atoms with Gasteiger partial charge in [-0.15, -0.1) is 11.3 Å². The number of benzene rings is 1. The first-order valence-electron chi connectivity index (χ1n) is 6.73. The van der Waals surface area contributed by atoms with Crippen molar-refractivity contribution in [2.75, 3.05) is 6.54 Å². The molecule has 1 N–H and O–H groups in total. The molecule has 0 radical (unpaired) electrons. The van der Waals surface area contributed by atoms with Crippen LogP contribution in [0.4, 0.5) is 0 Å². The van der Waals surface area contributed by atoms with Crippen molar-refractivity contribution in [1.29, 1.82) is 0 Å². The lowest BCUT2D eigenvalue weighted by atomic mass is 10.1. The van der Waals surface area contributed by atoms with Crippen LogP contribution in [0, 0.1) is 0 Å². The molecule has 1 aromatic heterocycles. The molecule has 3 nitrogen and oxygen atoms in total. The Morgan fingerprint density at radius 1 is 1.45 bits per heavy atom. The molecule has 0 amide bonds. The number of rotatable bonds is 7. The van der Waals surface area contributed by atoms with Gasteiger partial charge in [-0.1, -0.05) is 28.9 Å². The van der Waals surface area contributed by atoms with E-state index in [9.17, 15) is 0 Å². The van der Waals surface area contributed by atoms with Gasteiger partial charge in [-0.05, 0) is 32.0 Å². The van der Waals surface area contributed by atoms with Gasteiger partial charge in [0.2, 0.25) is 0 Å². The fourth-order valence-electron chi connectivity index (χ4n) is 1.92. The monoisotopic (exact) mass is 354 g/mol. The Balaban J connectivity index is 2.10. The molecule has 0 aliphatic carbocycles. The molecule has 2 aromatic rings. The first kappa shape index (κ1) is 15.5. The molecule has 0 bridgehead atoms. The quantitative estimate of drug-likeness (QED) is 0.792. The number of nitrogens with zero attached hydrogens (tertiary/aromatic N) is 1. The van der Waals surface area contributed by atoms with Crippen molar-refractivity contribution in [2.45, 2.75) is 32.9 Å². The van der Waals surface area contributed by atoms with Gasteiger partial charge in [0.15, 0.2) is 0 Å². The summed E-state index contributed by atoms with van der Waals surface area (Å²) in [7, 11) is 0. The Morgan fingerprint density at radius 3 is 3.00 bits per heavy atom. The summed E-state index contributed by atoms with van der Waals surface area (Å²) < 4.78 is 6.99. The van der Waals surface area contributed by atoms with E-state index in [2.05, 4.69) is 52.2 Å². The summed E-state index contributed by atoms with van der Waals surface area (Å²) >= 11 is 5.12. The van der Waals surface area contributed by atoms with E-state index >= 15 is 0 Å². The predicted molar refractivity (Wildman–Crippen MR) is 87.3 cm³/mol. The Labute approximate surface area is 132 Å². The minimum atomic E-state index is 0.277. The zero-order valence-electron chi connectivity index (χ0n) is 11.7. The number of hydrogen-bond donors (Lipinski definition) is 1. The van der Waals surface area contributed by atoms with Crippen molar-refractivity contribution >= 4 is 27.3 Å². The lowest BCUT2D eigenvalue weighted by Gasteiger charge is -2.18. The van der Waals surface area contributed by atoms with Crippen LogP contribution in [-0.2, 0) is 6.61 Å². The molecule has 20 heavy (non-hydrogen) atoms. The lowest BCUT2D eigenvalue weighted by molar-refractivity contribution is 0.302. The normalized spacial score (nSPS) is 12.3. The summed E-state index contributed by atoms with van der Waals surface area (Å²) in [5, 5.41) is 3.50. The van der Waals surface area contributed by atoms with Gasteiger partial charge in [0, 0.05) is 22.3 Å². The maximum atomic E-state index is 5.96. The highest BCUT2D eigenvalue weighted by molar-refractivity contribution is 9.10. The third-order valence-electron chi connectivity index (χ3n) is 3.00. The summed E-state index contributed by atoms with van der Waals surface area (Å²) in [4.78, 5) is 5.20. The van der Waals surface area contributed by atoms with Crippen LogP contribution in [0.5, 0.6) is 5.75 Å². The van der Waals surface area contributed by atoms with Crippen LogP contribution >= 0.6 is 27.3 Å². The lowest BCUT2D eigenvalue weighted by Crippen LogP contribution is -2.20. The third-order valence-corrected chi connectivity index (χ3v) is 4.24. The van der Waals surface area contributed by atoms with Crippen LogP contribution in [0.25, 0.3) is 0 Å². The van der Waals surface area contributed by atoms with E-state index < -0.39 is 0 Å². The van der Waals surface area contributed by atoms with Gasteiger partial charge in [0.1, 0.15) is 12.4 Å². The molecular formula is C15H19BrN2OS. The molecule has 0 saturated carbocycles. The number of hydrogen-bond acceptors (Lipinski definition) is 4. The van der Waals surface area contributed by atoms with Gasteiger partial charge < -0.3 is 10.1 Å². The molecule has 1 aromatic carbocycles. The average Bonchev–Trinajstić information content (AvgIpc) is 2.96. The maximum Gasteiger partial charge on any atom is 0.125 e. The predicted octanol–water partition coefficient (Wildman–Crippen LogP) is 4.55. The van der Waals surface area contributed by atoms with Gasteiger partial charge in [-0.25, -0.2) is 0 Å². The van der Waals surface area contributed by atoms with E-state index in [-0.39, 0.29) is 6.04 Å². The van der Waals surface area contributed by atoms with Gasteiger partial charge >= 0.3 is 0 Å². The third kappa shape index (κ3) is 4.30. The summed E-state index contributed by atoms with van der Waals surface area (Å²) in [6.45, 7) is 5.90. The van der Waals surface area contributed by atoms with Crippen LogP contribution in [-0.4, -0.2) is 11.5 Å². The molecule has 0 aliphatic rings. The number of nitrogens with one attached hydrogen (secondary N) is 1. The van der Waals surface area contributed by atoms with E-state index in [1.54, 1.807) is 11.3 Å². The first-order chi connectivity index (χ1) is 9.70. The molecule has 0 fully saturated rings. The van der Waals surface area contributed by atoms with Gasteiger partial charge in [0.25, 0.3) is 0 Å². The van der Waals surface area contributed by atoms with Crippen molar-refractivity contribution in [3.63, 3.8) is 0 Å². The number of ether oxygens (including phenoxy) is 1. The summed E-state index contributed by atoms with van der Waals surface area (Å²) in [6, 6.07) is 6.47. The fraction of sp³-hybridized carbons (Fsp3) is 0.400. The fourth-order valence-corrected chi connectivity index (χ4v) is 2.77. The Kier molecular flexibility index (Phi) is 6.01. The van der Waals surface area contributed by atoms with Crippen molar-refractivity contribution in [3.8, 4) is 5.75 Å². The largest absolute Gasteiger partial charge is 0.488 e. The smallest absolute Gasteiger partial charge is 0.125 e. The molecule has 1 heterocycles. The summed E-state index contributed by atoms with van der Waals surface area (Å²) in [6.07, 6.45) is 2.97. The highest BCUT2D eigenvalue weighted by Crippen LogP contribution is 2.29. The molecule has 0 spiro atoms. The van der Waals surface area contributed by atoms with Crippen LogP contribution in [0.2, 0.25) is 0 Å². The van der Waals surface area contributed by atoms with Crippen LogP contribution in [0.3, 0.4) is 0 Å². The van der Waals surface area contributed by atoms with Gasteiger partial charge in [0.05, 0.1) is 10.4 Å². The van der Waals surface area contributed by atoms with Crippen LogP contribution in [0.1, 0.15) is 36.8 Å². The highest BCUT2D eigenvalue weighted by Gasteiger charge is 2.12. The molecule has 108 valence electrons. The second kappa shape index (κ2) is 7.76. The molecule has 5 heteroatoms. The molecule has 0 saturated heterocycles. The Bertz CT molecular complexity index is 531.